The summed E-state index contributed by atoms with van der Waals surface area (Å²) in [4.78, 5) is 9.01. The maximum absolute atomic E-state index is 8.79. The third kappa shape index (κ3) is 3.80. The van der Waals surface area contributed by atoms with Crippen molar-refractivity contribution in [3.8, 4) is 0 Å². The number of aromatic nitrogens is 1. The first-order valence-corrected chi connectivity index (χ1v) is 6.23. The third-order valence-electron chi connectivity index (χ3n) is 3.20. The number of rotatable bonds is 5. The van der Waals surface area contributed by atoms with E-state index in [1.54, 1.807) is 6.20 Å². The molecule has 0 radical (unpaired) electrons. The molecule has 0 aliphatic carbocycles. The highest BCUT2D eigenvalue weighted by molar-refractivity contribution is 4.94. The Labute approximate surface area is 102 Å². The number of oxazole rings is 1. The first kappa shape index (κ1) is 12.5. The molecule has 0 spiro atoms. The second kappa shape index (κ2) is 6.14. The molecule has 96 valence electrons. The van der Waals surface area contributed by atoms with E-state index in [9.17, 15) is 0 Å². The number of hydrogen-bond acceptors (Lipinski definition) is 5. The van der Waals surface area contributed by atoms with Crippen LogP contribution in [0.25, 0.3) is 0 Å². The largest absolute Gasteiger partial charge is 0.446 e. The lowest BCUT2D eigenvalue weighted by molar-refractivity contribution is 0.153. The van der Waals surface area contributed by atoms with Crippen LogP contribution in [0.2, 0.25) is 0 Å². The maximum Gasteiger partial charge on any atom is 0.195 e. The Bertz CT molecular complexity index is 332. The summed E-state index contributed by atoms with van der Waals surface area (Å²) >= 11 is 0. The fraction of sp³-hybridized carbons (Fsp3) is 0.750. The Hall–Kier alpha value is -0.910. The molecule has 0 aromatic carbocycles. The van der Waals surface area contributed by atoms with E-state index >= 15 is 0 Å². The molecule has 1 aliphatic rings. The highest BCUT2D eigenvalue weighted by atomic mass is 16.4. The minimum atomic E-state index is 0.118. The fourth-order valence-corrected chi connectivity index (χ4v) is 2.01. The molecule has 0 amide bonds. The zero-order valence-electron chi connectivity index (χ0n) is 10.4. The molecule has 0 saturated carbocycles. The smallest absolute Gasteiger partial charge is 0.195 e. The number of nitrogens with zero attached hydrogens (tertiary/aromatic N) is 3. The van der Waals surface area contributed by atoms with Gasteiger partial charge in [0.05, 0.1) is 12.8 Å². The van der Waals surface area contributed by atoms with E-state index in [1.807, 2.05) is 0 Å². The lowest BCUT2D eigenvalue weighted by atomic mass is 10.3. The van der Waals surface area contributed by atoms with Gasteiger partial charge in [-0.2, -0.15) is 0 Å². The summed E-state index contributed by atoms with van der Waals surface area (Å²) in [5, 5.41) is 8.79. The van der Waals surface area contributed by atoms with Crippen LogP contribution in [0.4, 0.5) is 0 Å². The number of aliphatic hydroxyl groups is 1. The predicted molar refractivity (Wildman–Crippen MR) is 64.9 cm³/mol. The molecule has 1 aromatic rings. The molecular formula is C12H21N3O2. The van der Waals surface area contributed by atoms with Crippen molar-refractivity contribution < 1.29 is 9.52 Å². The lowest BCUT2D eigenvalue weighted by Gasteiger charge is -2.31. The summed E-state index contributed by atoms with van der Waals surface area (Å²) in [5.41, 5.74) is 0. The summed E-state index contributed by atoms with van der Waals surface area (Å²) in [7, 11) is 2.16. The van der Waals surface area contributed by atoms with E-state index in [1.165, 1.54) is 0 Å². The molecule has 1 fully saturated rings. The molecule has 5 heteroatoms. The van der Waals surface area contributed by atoms with Gasteiger partial charge in [-0.05, 0) is 7.05 Å². The zero-order chi connectivity index (χ0) is 12.1. The van der Waals surface area contributed by atoms with Gasteiger partial charge in [-0.1, -0.05) is 0 Å². The predicted octanol–water partition coefficient (Wildman–Crippen LogP) is -0.000700. The van der Waals surface area contributed by atoms with Crippen LogP contribution in [0.15, 0.2) is 10.6 Å². The average molecular weight is 239 g/mol. The minimum Gasteiger partial charge on any atom is -0.446 e. The van der Waals surface area contributed by atoms with Gasteiger partial charge in [-0.3, -0.25) is 0 Å². The molecule has 0 bridgehead atoms. The first-order chi connectivity index (χ1) is 8.28. The van der Waals surface area contributed by atoms with Gasteiger partial charge >= 0.3 is 0 Å². The summed E-state index contributed by atoms with van der Waals surface area (Å²) in [6, 6.07) is 0. The summed E-state index contributed by atoms with van der Waals surface area (Å²) in [6.07, 6.45) is 3.13. The standard InChI is InChI=1S/C12H21N3O2/c1-14-5-7-15(8-6-14)4-2-12-13-10-11(17-12)3-9-16/h10,16H,2-9H2,1H3. The second-order valence-corrected chi connectivity index (χ2v) is 4.59. The fourth-order valence-electron chi connectivity index (χ4n) is 2.01. The molecule has 1 N–H and O–H groups in total. The first-order valence-electron chi connectivity index (χ1n) is 6.23. The van der Waals surface area contributed by atoms with E-state index in [4.69, 9.17) is 9.52 Å². The molecule has 2 heterocycles. The van der Waals surface area contributed by atoms with Crippen LogP contribution in [0.3, 0.4) is 0 Å². The van der Waals surface area contributed by atoms with Crippen LogP contribution in [-0.4, -0.2) is 66.3 Å². The quantitative estimate of drug-likeness (QED) is 0.784. The van der Waals surface area contributed by atoms with Crippen LogP contribution in [0, 0.1) is 0 Å². The second-order valence-electron chi connectivity index (χ2n) is 4.59. The molecule has 0 atom stereocenters. The minimum absolute atomic E-state index is 0.118. The van der Waals surface area contributed by atoms with Gasteiger partial charge in [0.15, 0.2) is 5.89 Å². The summed E-state index contributed by atoms with van der Waals surface area (Å²) < 4.78 is 5.53. The topological polar surface area (TPSA) is 52.7 Å². The van der Waals surface area contributed by atoms with Crippen LogP contribution in [0.1, 0.15) is 11.7 Å². The Balaban J connectivity index is 1.73. The van der Waals surface area contributed by atoms with Crippen molar-refractivity contribution in [2.45, 2.75) is 12.8 Å². The molecule has 1 aromatic heterocycles. The highest BCUT2D eigenvalue weighted by Gasteiger charge is 2.14. The highest BCUT2D eigenvalue weighted by Crippen LogP contribution is 2.07. The lowest BCUT2D eigenvalue weighted by Crippen LogP contribution is -2.45. The van der Waals surface area contributed by atoms with E-state index in [0.29, 0.717) is 6.42 Å². The molecule has 1 saturated heterocycles. The van der Waals surface area contributed by atoms with Gasteiger partial charge in [0.1, 0.15) is 5.76 Å². The van der Waals surface area contributed by atoms with E-state index in [-0.39, 0.29) is 6.61 Å². The number of aliphatic hydroxyl groups excluding tert-OH is 1. The number of piperazine rings is 1. The molecule has 17 heavy (non-hydrogen) atoms. The molecular weight excluding hydrogens is 218 g/mol. The van der Waals surface area contributed by atoms with Crippen molar-refractivity contribution in [2.24, 2.45) is 0 Å². The van der Waals surface area contributed by atoms with Crippen molar-refractivity contribution in [3.63, 3.8) is 0 Å². The Kier molecular flexibility index (Phi) is 4.53. The van der Waals surface area contributed by atoms with Gasteiger partial charge < -0.3 is 19.3 Å². The Morgan fingerprint density at radius 1 is 1.29 bits per heavy atom. The zero-order valence-corrected chi connectivity index (χ0v) is 10.4. The molecule has 2 rings (SSSR count). The Morgan fingerprint density at radius 3 is 2.76 bits per heavy atom. The van der Waals surface area contributed by atoms with Crippen LogP contribution in [-0.2, 0) is 12.8 Å². The Morgan fingerprint density at radius 2 is 2.06 bits per heavy atom. The van der Waals surface area contributed by atoms with Gasteiger partial charge in [0, 0.05) is 45.6 Å². The summed E-state index contributed by atoms with van der Waals surface area (Å²) in [6.45, 7) is 5.66. The van der Waals surface area contributed by atoms with Crippen molar-refractivity contribution in [3.05, 3.63) is 17.8 Å². The molecule has 1 aliphatic heterocycles. The van der Waals surface area contributed by atoms with Crippen LogP contribution >= 0.6 is 0 Å². The summed E-state index contributed by atoms with van der Waals surface area (Å²) in [5.74, 6) is 1.56. The van der Waals surface area contributed by atoms with Crippen molar-refractivity contribution >= 4 is 0 Å². The normalized spacial score (nSPS) is 18.7. The van der Waals surface area contributed by atoms with Gasteiger partial charge in [-0.25, -0.2) is 4.98 Å². The van der Waals surface area contributed by atoms with Gasteiger partial charge in [0.2, 0.25) is 0 Å². The van der Waals surface area contributed by atoms with Gasteiger partial charge in [0.25, 0.3) is 0 Å². The van der Waals surface area contributed by atoms with E-state index < -0.39 is 0 Å². The molecule has 0 unspecified atom stereocenters. The van der Waals surface area contributed by atoms with Gasteiger partial charge in [-0.15, -0.1) is 0 Å². The van der Waals surface area contributed by atoms with E-state index in [2.05, 4.69) is 21.8 Å². The molecule has 5 nitrogen and oxygen atoms in total. The maximum atomic E-state index is 8.79. The number of hydrogen-bond donors (Lipinski definition) is 1. The van der Waals surface area contributed by atoms with Crippen LogP contribution < -0.4 is 0 Å². The third-order valence-corrected chi connectivity index (χ3v) is 3.20. The monoisotopic (exact) mass is 239 g/mol. The van der Waals surface area contributed by atoms with Crippen LogP contribution in [0.5, 0.6) is 0 Å². The average Bonchev–Trinajstić information content (AvgIpc) is 2.77. The van der Waals surface area contributed by atoms with Crippen molar-refractivity contribution in [1.29, 1.82) is 0 Å². The SMILES string of the molecule is CN1CCN(CCc2ncc(CCO)o2)CC1. The van der Waals surface area contributed by atoms with Crippen molar-refractivity contribution in [1.82, 2.24) is 14.8 Å². The number of likely N-dealkylation sites (N-methyl/N-ethyl adjacent to an activating group) is 1. The van der Waals surface area contributed by atoms with E-state index in [0.717, 1.165) is 50.8 Å². The van der Waals surface area contributed by atoms with Crippen molar-refractivity contribution in [2.75, 3.05) is 46.4 Å².